The van der Waals surface area contributed by atoms with Crippen molar-refractivity contribution in [1.82, 2.24) is 10.2 Å². The predicted octanol–water partition coefficient (Wildman–Crippen LogP) is 2.74. The molecule has 1 N–H and O–H groups in total. The Bertz CT molecular complexity index is 763. The van der Waals surface area contributed by atoms with E-state index in [4.69, 9.17) is 4.42 Å². The molecule has 0 saturated carbocycles. The Labute approximate surface area is 141 Å². The van der Waals surface area contributed by atoms with Gasteiger partial charge in [-0.15, -0.1) is 0 Å². The summed E-state index contributed by atoms with van der Waals surface area (Å²) >= 11 is 0. The number of hydrogen-bond acceptors (Lipinski definition) is 3. The number of benzene rings is 1. The molecule has 1 atom stereocenters. The number of nitrogens with one attached hydrogen (secondary N) is 1. The van der Waals surface area contributed by atoms with Crippen molar-refractivity contribution in [2.75, 3.05) is 0 Å². The SMILES string of the molecule is Cc1ccc(CNC(=O)C2c3ccccc3CC(=O)N2C(C)C)o1. The van der Waals surface area contributed by atoms with Crippen molar-refractivity contribution in [2.45, 2.75) is 45.8 Å². The van der Waals surface area contributed by atoms with Crippen molar-refractivity contribution in [1.29, 1.82) is 0 Å². The van der Waals surface area contributed by atoms with E-state index in [1.54, 1.807) is 4.90 Å². The molecule has 2 amide bonds. The van der Waals surface area contributed by atoms with Gasteiger partial charge in [0, 0.05) is 6.04 Å². The summed E-state index contributed by atoms with van der Waals surface area (Å²) in [6.07, 6.45) is 0.343. The zero-order valence-electron chi connectivity index (χ0n) is 14.2. The maximum atomic E-state index is 12.9. The van der Waals surface area contributed by atoms with Crippen LogP contribution in [0.4, 0.5) is 0 Å². The second-order valence-corrected chi connectivity index (χ2v) is 6.40. The first kappa shape index (κ1) is 16.3. The Morgan fingerprint density at radius 2 is 2.04 bits per heavy atom. The zero-order chi connectivity index (χ0) is 17.3. The number of carbonyl (C=O) groups is 2. The van der Waals surface area contributed by atoms with Crippen molar-refractivity contribution < 1.29 is 14.0 Å². The number of fused-ring (bicyclic) bond motifs is 1. The minimum atomic E-state index is -0.599. The highest BCUT2D eigenvalue weighted by Crippen LogP contribution is 2.32. The van der Waals surface area contributed by atoms with Crippen LogP contribution in [0.3, 0.4) is 0 Å². The number of amides is 2. The number of nitrogens with zero attached hydrogens (tertiary/aromatic N) is 1. The van der Waals surface area contributed by atoms with E-state index < -0.39 is 6.04 Å². The second kappa shape index (κ2) is 6.51. The molecular formula is C19H22N2O3. The Balaban J connectivity index is 1.86. The molecule has 3 rings (SSSR count). The zero-order valence-corrected chi connectivity index (χ0v) is 14.2. The topological polar surface area (TPSA) is 62.6 Å². The molecule has 1 aromatic carbocycles. The molecule has 5 nitrogen and oxygen atoms in total. The maximum Gasteiger partial charge on any atom is 0.247 e. The molecule has 2 heterocycles. The summed E-state index contributed by atoms with van der Waals surface area (Å²) in [5, 5.41) is 2.90. The van der Waals surface area contributed by atoms with Crippen molar-refractivity contribution >= 4 is 11.8 Å². The van der Waals surface area contributed by atoms with Gasteiger partial charge in [-0.2, -0.15) is 0 Å². The predicted molar refractivity (Wildman–Crippen MR) is 90.2 cm³/mol. The number of hydrogen-bond donors (Lipinski definition) is 1. The van der Waals surface area contributed by atoms with Crippen LogP contribution in [0, 0.1) is 6.92 Å². The summed E-state index contributed by atoms with van der Waals surface area (Å²) in [7, 11) is 0. The average Bonchev–Trinajstić information content (AvgIpc) is 2.96. The van der Waals surface area contributed by atoms with Gasteiger partial charge in [-0.1, -0.05) is 24.3 Å². The monoisotopic (exact) mass is 326 g/mol. The van der Waals surface area contributed by atoms with E-state index in [0.29, 0.717) is 18.7 Å². The molecule has 0 aliphatic carbocycles. The fourth-order valence-corrected chi connectivity index (χ4v) is 3.21. The van der Waals surface area contributed by atoms with Crippen LogP contribution in [0.2, 0.25) is 0 Å². The fourth-order valence-electron chi connectivity index (χ4n) is 3.21. The highest BCUT2D eigenvalue weighted by atomic mass is 16.3. The first-order valence-corrected chi connectivity index (χ1v) is 8.19. The van der Waals surface area contributed by atoms with Gasteiger partial charge in [0.15, 0.2) is 0 Å². The standard InChI is InChI=1S/C19H22N2O3/c1-12(2)21-17(22)10-14-6-4-5-7-16(14)18(21)19(23)20-11-15-9-8-13(3)24-15/h4-9,12,18H,10-11H2,1-3H3,(H,20,23). The largest absolute Gasteiger partial charge is 0.465 e. The van der Waals surface area contributed by atoms with E-state index in [1.807, 2.05) is 57.2 Å². The second-order valence-electron chi connectivity index (χ2n) is 6.40. The molecule has 0 spiro atoms. The van der Waals surface area contributed by atoms with Gasteiger partial charge in [0.25, 0.3) is 0 Å². The first-order valence-electron chi connectivity index (χ1n) is 8.19. The van der Waals surface area contributed by atoms with E-state index in [2.05, 4.69) is 5.32 Å². The maximum absolute atomic E-state index is 12.9. The number of aryl methyl sites for hydroxylation is 1. The van der Waals surface area contributed by atoms with Crippen LogP contribution in [0.15, 0.2) is 40.8 Å². The van der Waals surface area contributed by atoms with Gasteiger partial charge in [0.2, 0.25) is 11.8 Å². The highest BCUT2D eigenvalue weighted by Gasteiger charge is 2.38. The quantitative estimate of drug-likeness (QED) is 0.940. The third kappa shape index (κ3) is 3.07. The van der Waals surface area contributed by atoms with Crippen molar-refractivity contribution in [2.24, 2.45) is 0 Å². The normalized spacial score (nSPS) is 17.1. The molecule has 1 unspecified atom stereocenters. The van der Waals surface area contributed by atoms with Crippen molar-refractivity contribution in [3.05, 3.63) is 59.0 Å². The summed E-state index contributed by atoms with van der Waals surface area (Å²) in [5.74, 6) is 1.31. The number of rotatable bonds is 4. The first-order chi connectivity index (χ1) is 11.5. The summed E-state index contributed by atoms with van der Waals surface area (Å²) in [6.45, 7) is 6.04. The summed E-state index contributed by atoms with van der Waals surface area (Å²) < 4.78 is 5.49. The van der Waals surface area contributed by atoms with Gasteiger partial charge < -0.3 is 14.6 Å². The molecule has 1 aliphatic heterocycles. The lowest BCUT2D eigenvalue weighted by atomic mass is 9.90. The van der Waals surface area contributed by atoms with E-state index >= 15 is 0 Å². The molecule has 2 aromatic rings. The summed E-state index contributed by atoms with van der Waals surface area (Å²) in [6, 6.07) is 10.7. The lowest BCUT2D eigenvalue weighted by Crippen LogP contribution is -2.50. The van der Waals surface area contributed by atoms with Crippen molar-refractivity contribution in [3.63, 3.8) is 0 Å². The van der Waals surface area contributed by atoms with Crippen LogP contribution in [0.25, 0.3) is 0 Å². The van der Waals surface area contributed by atoms with Crippen LogP contribution in [-0.2, 0) is 22.6 Å². The Hall–Kier alpha value is -2.56. The lowest BCUT2D eigenvalue weighted by molar-refractivity contribution is -0.143. The van der Waals surface area contributed by atoms with Gasteiger partial charge in [-0.3, -0.25) is 9.59 Å². The van der Waals surface area contributed by atoms with Crippen LogP contribution in [-0.4, -0.2) is 22.8 Å². The Kier molecular flexibility index (Phi) is 4.42. The van der Waals surface area contributed by atoms with Gasteiger partial charge in [0.05, 0.1) is 13.0 Å². The van der Waals surface area contributed by atoms with E-state index in [9.17, 15) is 9.59 Å². The van der Waals surface area contributed by atoms with Crippen LogP contribution < -0.4 is 5.32 Å². The Morgan fingerprint density at radius 3 is 2.71 bits per heavy atom. The number of furan rings is 1. The van der Waals surface area contributed by atoms with E-state index in [-0.39, 0.29) is 17.9 Å². The molecule has 126 valence electrons. The van der Waals surface area contributed by atoms with Crippen LogP contribution in [0.5, 0.6) is 0 Å². The smallest absolute Gasteiger partial charge is 0.247 e. The average molecular weight is 326 g/mol. The third-order valence-electron chi connectivity index (χ3n) is 4.30. The molecule has 0 fully saturated rings. The summed E-state index contributed by atoms with van der Waals surface area (Å²) in [4.78, 5) is 27.0. The number of carbonyl (C=O) groups excluding carboxylic acids is 2. The van der Waals surface area contributed by atoms with Gasteiger partial charge in [0.1, 0.15) is 17.6 Å². The molecule has 0 bridgehead atoms. The van der Waals surface area contributed by atoms with E-state index in [0.717, 1.165) is 16.9 Å². The lowest BCUT2D eigenvalue weighted by Gasteiger charge is -2.38. The fraction of sp³-hybridized carbons (Fsp3) is 0.368. The molecule has 0 radical (unpaired) electrons. The van der Waals surface area contributed by atoms with Crippen LogP contribution in [0.1, 0.15) is 42.5 Å². The molecule has 0 saturated heterocycles. The third-order valence-corrected chi connectivity index (χ3v) is 4.30. The molecule has 5 heteroatoms. The molecule has 1 aromatic heterocycles. The minimum absolute atomic E-state index is 0.0160. The van der Waals surface area contributed by atoms with Gasteiger partial charge in [-0.25, -0.2) is 0 Å². The molecule has 24 heavy (non-hydrogen) atoms. The van der Waals surface area contributed by atoms with Crippen LogP contribution >= 0.6 is 0 Å². The van der Waals surface area contributed by atoms with Crippen molar-refractivity contribution in [3.8, 4) is 0 Å². The van der Waals surface area contributed by atoms with E-state index in [1.165, 1.54) is 0 Å². The Morgan fingerprint density at radius 1 is 1.29 bits per heavy atom. The minimum Gasteiger partial charge on any atom is -0.465 e. The van der Waals surface area contributed by atoms with Gasteiger partial charge >= 0.3 is 0 Å². The summed E-state index contributed by atoms with van der Waals surface area (Å²) in [5.41, 5.74) is 1.83. The van der Waals surface area contributed by atoms with Gasteiger partial charge in [-0.05, 0) is 44.0 Å². The highest BCUT2D eigenvalue weighted by molar-refractivity contribution is 5.92. The molecular weight excluding hydrogens is 304 g/mol. The molecule has 1 aliphatic rings.